The van der Waals surface area contributed by atoms with Crippen molar-refractivity contribution in [2.75, 3.05) is 25.1 Å². The fraction of sp³-hybridized carbons (Fsp3) is 0.562. The van der Waals surface area contributed by atoms with Gasteiger partial charge in [0.1, 0.15) is 29.5 Å². The van der Waals surface area contributed by atoms with E-state index in [-0.39, 0.29) is 11.8 Å². The lowest BCUT2D eigenvalue weighted by molar-refractivity contribution is -0.0969. The van der Waals surface area contributed by atoms with E-state index < -0.39 is 17.9 Å². The first-order valence-corrected chi connectivity index (χ1v) is 8.12. The summed E-state index contributed by atoms with van der Waals surface area (Å²) in [5.74, 6) is 6.14. The van der Waals surface area contributed by atoms with Crippen LogP contribution in [0.1, 0.15) is 33.3 Å². The summed E-state index contributed by atoms with van der Waals surface area (Å²) in [6.45, 7) is 8.28. The second kappa shape index (κ2) is 10.0. The van der Waals surface area contributed by atoms with E-state index in [9.17, 15) is 4.79 Å². The molecule has 9 heteroatoms. The van der Waals surface area contributed by atoms with Gasteiger partial charge in [-0.3, -0.25) is 0 Å². The highest BCUT2D eigenvalue weighted by Gasteiger charge is 2.22. The number of anilines is 1. The van der Waals surface area contributed by atoms with Crippen molar-refractivity contribution < 1.29 is 19.0 Å². The Morgan fingerprint density at radius 1 is 1.36 bits per heavy atom. The maximum absolute atomic E-state index is 10.8. The number of nitrogens with two attached hydrogens (primary N) is 1. The molecule has 1 rings (SSSR count). The number of amides is 1. The molecule has 1 aromatic rings. The summed E-state index contributed by atoms with van der Waals surface area (Å²) in [5.41, 5.74) is 4.74. The average Bonchev–Trinajstić information content (AvgIpc) is 2.52. The Kier molecular flexibility index (Phi) is 8.41. The van der Waals surface area contributed by atoms with Crippen LogP contribution in [0.5, 0.6) is 0 Å². The van der Waals surface area contributed by atoms with E-state index in [4.69, 9.17) is 31.5 Å². The summed E-state index contributed by atoms with van der Waals surface area (Å²) in [4.78, 5) is 18.9. The molecule has 0 saturated heterocycles. The molecule has 3 N–H and O–H groups in total. The summed E-state index contributed by atoms with van der Waals surface area (Å²) in [7, 11) is 0. The lowest BCUT2D eigenvalue weighted by Gasteiger charge is -2.26. The number of carbonyl (C=O) groups excluding carboxylic acids is 1. The van der Waals surface area contributed by atoms with Gasteiger partial charge in [-0.1, -0.05) is 17.5 Å². The Morgan fingerprint density at radius 2 is 2.00 bits per heavy atom. The van der Waals surface area contributed by atoms with Gasteiger partial charge < -0.3 is 25.3 Å². The van der Waals surface area contributed by atoms with Gasteiger partial charge in [0, 0.05) is 13.2 Å². The number of hydrogen-bond donors (Lipinski definition) is 2. The van der Waals surface area contributed by atoms with Crippen molar-refractivity contribution >= 4 is 23.5 Å². The van der Waals surface area contributed by atoms with Gasteiger partial charge in [-0.25, -0.2) is 14.8 Å². The number of rotatable bonds is 8. The van der Waals surface area contributed by atoms with E-state index in [1.165, 1.54) is 6.33 Å². The van der Waals surface area contributed by atoms with Crippen molar-refractivity contribution in [2.24, 2.45) is 5.73 Å². The standard InChI is InChI=1S/C16H23ClN4O4/c1-5-23-12(24-6-2)8-7-11-13(17)19-10-20-14(11)21-16(3,4)9-25-15(18)22/h10,12H,5-6,9H2,1-4H3,(H2,18,22)(H,19,20,21). The number of carbonyl (C=O) groups is 1. The highest BCUT2D eigenvalue weighted by molar-refractivity contribution is 6.30. The summed E-state index contributed by atoms with van der Waals surface area (Å²) < 4.78 is 15.6. The third-order valence-electron chi connectivity index (χ3n) is 2.78. The Hall–Kier alpha value is -2.08. The van der Waals surface area contributed by atoms with Crippen LogP contribution in [0.3, 0.4) is 0 Å². The number of halogens is 1. The van der Waals surface area contributed by atoms with E-state index in [0.29, 0.717) is 24.6 Å². The van der Waals surface area contributed by atoms with Crippen LogP contribution in [0.2, 0.25) is 5.15 Å². The van der Waals surface area contributed by atoms with E-state index in [2.05, 4.69) is 27.1 Å². The van der Waals surface area contributed by atoms with Crippen LogP contribution in [0.25, 0.3) is 0 Å². The summed E-state index contributed by atoms with van der Waals surface area (Å²) >= 11 is 6.14. The molecule has 0 spiro atoms. The van der Waals surface area contributed by atoms with Crippen LogP contribution >= 0.6 is 11.6 Å². The molecular formula is C16H23ClN4O4. The van der Waals surface area contributed by atoms with Crippen LogP contribution in [0.15, 0.2) is 6.33 Å². The smallest absolute Gasteiger partial charge is 0.404 e. The van der Waals surface area contributed by atoms with Crippen molar-refractivity contribution in [3.05, 3.63) is 17.0 Å². The number of nitrogens with one attached hydrogen (secondary N) is 1. The number of aromatic nitrogens is 2. The van der Waals surface area contributed by atoms with E-state index in [1.807, 2.05) is 27.7 Å². The van der Waals surface area contributed by atoms with E-state index >= 15 is 0 Å². The molecule has 1 aromatic heterocycles. The highest BCUT2D eigenvalue weighted by atomic mass is 35.5. The zero-order valence-corrected chi connectivity index (χ0v) is 15.5. The van der Waals surface area contributed by atoms with E-state index in [1.54, 1.807) is 0 Å². The summed E-state index contributed by atoms with van der Waals surface area (Å²) in [6.07, 6.45) is -0.221. The van der Waals surface area contributed by atoms with Gasteiger partial charge in [-0.05, 0) is 33.6 Å². The van der Waals surface area contributed by atoms with Gasteiger partial charge in [-0.15, -0.1) is 0 Å². The largest absolute Gasteiger partial charge is 0.447 e. The topological polar surface area (TPSA) is 109 Å². The quantitative estimate of drug-likeness (QED) is 0.410. The number of primary amides is 1. The van der Waals surface area contributed by atoms with Crippen molar-refractivity contribution in [2.45, 2.75) is 39.5 Å². The van der Waals surface area contributed by atoms with Crippen LogP contribution in [-0.4, -0.2) is 47.7 Å². The molecule has 25 heavy (non-hydrogen) atoms. The molecular weight excluding hydrogens is 348 g/mol. The Labute approximate surface area is 152 Å². The number of nitrogens with zero attached hydrogens (tertiary/aromatic N) is 2. The minimum Gasteiger partial charge on any atom is -0.447 e. The molecule has 0 unspecified atom stereocenters. The van der Waals surface area contributed by atoms with Gasteiger partial charge >= 0.3 is 6.09 Å². The minimum absolute atomic E-state index is 0.0390. The van der Waals surface area contributed by atoms with Gasteiger partial charge in [0.15, 0.2) is 0 Å². The van der Waals surface area contributed by atoms with Crippen LogP contribution in [0.4, 0.5) is 10.6 Å². The molecule has 0 aromatic carbocycles. The van der Waals surface area contributed by atoms with Crippen LogP contribution < -0.4 is 11.1 Å². The monoisotopic (exact) mass is 370 g/mol. The van der Waals surface area contributed by atoms with Crippen molar-refractivity contribution in [1.29, 1.82) is 0 Å². The lowest BCUT2D eigenvalue weighted by Crippen LogP contribution is -2.38. The maximum Gasteiger partial charge on any atom is 0.404 e. The van der Waals surface area contributed by atoms with Crippen molar-refractivity contribution in [3.63, 3.8) is 0 Å². The lowest BCUT2D eigenvalue weighted by atomic mass is 10.1. The zero-order valence-electron chi connectivity index (χ0n) is 14.8. The summed E-state index contributed by atoms with van der Waals surface area (Å²) in [6, 6.07) is 0. The van der Waals surface area contributed by atoms with Gasteiger partial charge in [0.2, 0.25) is 6.29 Å². The fourth-order valence-electron chi connectivity index (χ4n) is 1.74. The summed E-state index contributed by atoms with van der Waals surface area (Å²) in [5, 5.41) is 3.30. The molecule has 0 saturated carbocycles. The molecule has 1 amide bonds. The first kappa shape index (κ1) is 21.0. The second-order valence-corrected chi connectivity index (χ2v) is 5.87. The van der Waals surface area contributed by atoms with Gasteiger partial charge in [0.05, 0.1) is 5.54 Å². The number of ether oxygens (including phenoxy) is 3. The van der Waals surface area contributed by atoms with Gasteiger partial charge in [-0.2, -0.15) is 0 Å². The normalized spacial score (nSPS) is 11.0. The van der Waals surface area contributed by atoms with Crippen LogP contribution in [0, 0.1) is 11.8 Å². The molecule has 0 fully saturated rings. The molecule has 138 valence electrons. The average molecular weight is 371 g/mol. The Morgan fingerprint density at radius 3 is 2.56 bits per heavy atom. The SMILES string of the molecule is CCOC(C#Cc1c(Cl)ncnc1NC(C)(C)COC(N)=O)OCC. The minimum atomic E-state index is -0.855. The molecule has 1 heterocycles. The van der Waals surface area contributed by atoms with Crippen molar-refractivity contribution in [1.82, 2.24) is 9.97 Å². The Balaban J connectivity index is 3.04. The predicted octanol–water partition coefficient (Wildman–Crippen LogP) is 2.17. The third kappa shape index (κ3) is 7.56. The molecule has 8 nitrogen and oxygen atoms in total. The number of hydrogen-bond acceptors (Lipinski definition) is 7. The third-order valence-corrected chi connectivity index (χ3v) is 3.07. The molecule has 0 aliphatic rings. The van der Waals surface area contributed by atoms with Crippen LogP contribution in [-0.2, 0) is 14.2 Å². The first-order valence-electron chi connectivity index (χ1n) is 7.74. The zero-order chi connectivity index (χ0) is 18.9. The molecule has 0 radical (unpaired) electrons. The van der Waals surface area contributed by atoms with Gasteiger partial charge in [0.25, 0.3) is 0 Å². The molecule has 0 aliphatic heterocycles. The highest BCUT2D eigenvalue weighted by Crippen LogP contribution is 2.22. The molecule has 0 aliphatic carbocycles. The maximum atomic E-state index is 10.8. The molecule has 0 bridgehead atoms. The predicted molar refractivity (Wildman–Crippen MR) is 94.2 cm³/mol. The second-order valence-electron chi connectivity index (χ2n) is 5.52. The molecule has 0 atom stereocenters. The first-order chi connectivity index (χ1) is 11.8. The van der Waals surface area contributed by atoms with Crippen molar-refractivity contribution in [3.8, 4) is 11.8 Å². The fourth-order valence-corrected chi connectivity index (χ4v) is 1.92. The Bertz CT molecular complexity index is 637. The van der Waals surface area contributed by atoms with E-state index in [0.717, 1.165) is 0 Å².